The Bertz CT molecular complexity index is 1250. The third kappa shape index (κ3) is 5.84. The molecule has 2 atom stereocenters. The number of hydrogen-bond acceptors (Lipinski definition) is 4. The monoisotopic (exact) mass is 523 g/mol. The maximum atomic E-state index is 13.1. The van der Waals surface area contributed by atoms with E-state index in [-0.39, 0.29) is 12.2 Å². The van der Waals surface area contributed by atoms with Gasteiger partial charge in [-0.05, 0) is 57.5 Å². The lowest BCUT2D eigenvalue weighted by Crippen LogP contribution is -2.42. The van der Waals surface area contributed by atoms with E-state index in [1.165, 1.54) is 11.0 Å². The normalized spacial score (nSPS) is 18.4. The van der Waals surface area contributed by atoms with E-state index in [2.05, 4.69) is 20.6 Å². The summed E-state index contributed by atoms with van der Waals surface area (Å²) in [5.74, 6) is 0.541. The highest BCUT2D eigenvalue weighted by molar-refractivity contribution is 6.31. The highest BCUT2D eigenvalue weighted by atomic mass is 35.5. The molecule has 0 unspecified atom stereocenters. The maximum Gasteiger partial charge on any atom is 0.417 e. The number of anilines is 1. The molecule has 2 aromatic carbocycles. The van der Waals surface area contributed by atoms with Crippen molar-refractivity contribution in [3.63, 3.8) is 0 Å². The van der Waals surface area contributed by atoms with Gasteiger partial charge in [-0.25, -0.2) is 14.6 Å². The van der Waals surface area contributed by atoms with Crippen LogP contribution in [0.25, 0.3) is 11.0 Å². The largest absolute Gasteiger partial charge is 0.444 e. The maximum absolute atomic E-state index is 13.1. The average molecular weight is 524 g/mol. The van der Waals surface area contributed by atoms with Gasteiger partial charge in [-0.15, -0.1) is 0 Å². The van der Waals surface area contributed by atoms with Gasteiger partial charge in [0.1, 0.15) is 11.4 Å². The van der Waals surface area contributed by atoms with Gasteiger partial charge in [0.2, 0.25) is 0 Å². The molecule has 1 aliphatic heterocycles. The molecule has 2 heterocycles. The van der Waals surface area contributed by atoms with Crippen molar-refractivity contribution >= 4 is 40.4 Å². The summed E-state index contributed by atoms with van der Waals surface area (Å²) in [4.78, 5) is 34.9. The summed E-state index contributed by atoms with van der Waals surface area (Å²) < 4.78 is 45.0. The molecule has 3 amide bonds. The third-order valence-electron chi connectivity index (χ3n) is 5.52. The fraction of sp³-hybridized carbons (Fsp3) is 0.375. The van der Waals surface area contributed by atoms with E-state index in [1.54, 1.807) is 20.8 Å². The molecule has 1 aromatic heterocycles. The van der Waals surface area contributed by atoms with Crippen LogP contribution in [-0.2, 0) is 10.9 Å². The van der Waals surface area contributed by atoms with Crippen LogP contribution < -0.4 is 10.6 Å². The number of carbonyl (C=O) groups is 2. The molecule has 1 saturated heterocycles. The quantitative estimate of drug-likeness (QED) is 0.386. The van der Waals surface area contributed by atoms with Crippen molar-refractivity contribution in [2.45, 2.75) is 51.1 Å². The highest BCUT2D eigenvalue weighted by Gasteiger charge is 2.41. The van der Waals surface area contributed by atoms with E-state index in [0.29, 0.717) is 12.2 Å². The first-order valence-corrected chi connectivity index (χ1v) is 11.6. The summed E-state index contributed by atoms with van der Waals surface area (Å²) in [5, 5.41) is 4.66. The zero-order valence-electron chi connectivity index (χ0n) is 19.7. The molecule has 0 radical (unpaired) electrons. The molecular formula is C24H25ClF3N5O3. The number of benzene rings is 2. The van der Waals surface area contributed by atoms with Gasteiger partial charge in [0.05, 0.1) is 33.7 Å². The van der Waals surface area contributed by atoms with E-state index >= 15 is 0 Å². The molecule has 8 nitrogen and oxygen atoms in total. The number of halogens is 4. The van der Waals surface area contributed by atoms with Gasteiger partial charge in [0.25, 0.3) is 0 Å². The van der Waals surface area contributed by atoms with Crippen LogP contribution in [0.3, 0.4) is 0 Å². The van der Waals surface area contributed by atoms with Crippen LogP contribution in [0.4, 0.5) is 28.4 Å². The first kappa shape index (κ1) is 25.6. The zero-order chi connectivity index (χ0) is 26.3. The predicted molar refractivity (Wildman–Crippen MR) is 129 cm³/mol. The number of aromatic nitrogens is 2. The van der Waals surface area contributed by atoms with E-state index < -0.39 is 46.6 Å². The molecule has 0 bridgehead atoms. The molecule has 192 valence electrons. The van der Waals surface area contributed by atoms with Crippen molar-refractivity contribution in [1.29, 1.82) is 0 Å². The lowest BCUT2D eigenvalue weighted by Gasteiger charge is -2.27. The number of nitrogens with zero attached hydrogens (tertiary/aromatic N) is 2. The summed E-state index contributed by atoms with van der Waals surface area (Å²) >= 11 is 5.64. The Morgan fingerprint density at radius 2 is 1.89 bits per heavy atom. The number of imidazole rings is 1. The molecule has 0 saturated carbocycles. The van der Waals surface area contributed by atoms with Crippen molar-refractivity contribution in [2.24, 2.45) is 0 Å². The fourth-order valence-corrected chi connectivity index (χ4v) is 4.25. The molecule has 3 aromatic rings. The molecule has 3 N–H and O–H groups in total. The number of carbonyl (C=O) groups excluding carboxylic acids is 2. The Morgan fingerprint density at radius 1 is 1.17 bits per heavy atom. The van der Waals surface area contributed by atoms with Crippen molar-refractivity contribution in [2.75, 3.05) is 11.9 Å². The second-order valence-corrected chi connectivity index (χ2v) is 9.92. The number of ether oxygens (including phenoxy) is 1. The highest BCUT2D eigenvalue weighted by Crippen LogP contribution is 2.36. The Hall–Kier alpha value is -3.47. The zero-order valence-corrected chi connectivity index (χ0v) is 20.5. The van der Waals surface area contributed by atoms with Crippen molar-refractivity contribution in [3.05, 3.63) is 58.9 Å². The minimum atomic E-state index is -4.66. The second kappa shape index (κ2) is 9.53. The standard InChI is InChI=1S/C24H25ClF3N5O3/c1-23(2,3)36-22(35)33-12-14(11-19(33)20-31-17-6-4-5-7-18(17)32-20)30-21(34)29-13-8-9-16(25)15(10-13)24(26,27)28/h4-10,14,19H,11-12H2,1-3H3,(H,31,32)(H2,29,30,34)/t14-,19-/m0/s1. The number of aromatic amines is 1. The number of para-hydroxylation sites is 2. The molecule has 1 fully saturated rings. The first-order valence-electron chi connectivity index (χ1n) is 11.2. The van der Waals surface area contributed by atoms with Crippen molar-refractivity contribution < 1.29 is 27.5 Å². The second-order valence-electron chi connectivity index (χ2n) is 9.51. The van der Waals surface area contributed by atoms with Gasteiger partial charge in [0, 0.05) is 12.2 Å². The first-order chi connectivity index (χ1) is 16.8. The SMILES string of the molecule is CC(C)(C)OC(=O)N1C[C@@H](NC(=O)Nc2ccc(Cl)c(C(F)(F)F)c2)C[C@H]1c1nc2ccccc2[nH]1. The van der Waals surface area contributed by atoms with Gasteiger partial charge in [-0.3, -0.25) is 4.90 Å². The molecular weight excluding hydrogens is 499 g/mol. The van der Waals surface area contributed by atoms with Crippen LogP contribution in [0.5, 0.6) is 0 Å². The molecule has 1 aliphatic rings. The summed E-state index contributed by atoms with van der Waals surface area (Å²) in [6, 6.07) is 8.78. The van der Waals surface area contributed by atoms with E-state index in [9.17, 15) is 22.8 Å². The predicted octanol–water partition coefficient (Wildman–Crippen LogP) is 6.11. The van der Waals surface area contributed by atoms with Crippen molar-refractivity contribution in [3.8, 4) is 0 Å². The van der Waals surface area contributed by atoms with Gasteiger partial charge in [0.15, 0.2) is 0 Å². The smallest absolute Gasteiger partial charge is 0.417 e. The number of urea groups is 1. The third-order valence-corrected chi connectivity index (χ3v) is 5.85. The molecule has 12 heteroatoms. The number of nitrogens with one attached hydrogen (secondary N) is 3. The lowest BCUT2D eigenvalue weighted by atomic mass is 10.1. The number of likely N-dealkylation sites (tertiary alicyclic amines) is 1. The van der Waals surface area contributed by atoms with Gasteiger partial charge < -0.3 is 20.4 Å². The summed E-state index contributed by atoms with van der Waals surface area (Å²) in [6.45, 7) is 5.38. The molecule has 0 aliphatic carbocycles. The summed E-state index contributed by atoms with van der Waals surface area (Å²) in [5.41, 5.74) is -0.324. The van der Waals surface area contributed by atoms with Gasteiger partial charge in [-0.2, -0.15) is 13.2 Å². The van der Waals surface area contributed by atoms with Crippen LogP contribution >= 0.6 is 11.6 Å². The van der Waals surface area contributed by atoms with Crippen LogP contribution in [0.15, 0.2) is 42.5 Å². The minimum absolute atomic E-state index is 0.0694. The Morgan fingerprint density at radius 3 is 2.56 bits per heavy atom. The van der Waals surface area contributed by atoms with E-state index in [4.69, 9.17) is 16.3 Å². The van der Waals surface area contributed by atoms with E-state index in [1.807, 2.05) is 24.3 Å². The average Bonchev–Trinajstić information content (AvgIpc) is 3.37. The number of fused-ring (bicyclic) bond motifs is 1. The topological polar surface area (TPSA) is 99.3 Å². The van der Waals surface area contributed by atoms with Crippen LogP contribution in [0, 0.1) is 0 Å². The number of hydrogen-bond donors (Lipinski definition) is 3. The Balaban J connectivity index is 1.51. The van der Waals surface area contributed by atoms with Gasteiger partial charge in [-0.1, -0.05) is 23.7 Å². The van der Waals surface area contributed by atoms with Crippen LogP contribution in [-0.4, -0.2) is 45.2 Å². The Kier molecular flexibility index (Phi) is 6.78. The summed E-state index contributed by atoms with van der Waals surface area (Å²) in [7, 11) is 0. The van der Waals surface area contributed by atoms with Crippen LogP contribution in [0.1, 0.15) is 44.6 Å². The van der Waals surface area contributed by atoms with Crippen LogP contribution in [0.2, 0.25) is 5.02 Å². The Labute approximate surface area is 210 Å². The number of alkyl halides is 3. The van der Waals surface area contributed by atoms with E-state index in [0.717, 1.165) is 23.2 Å². The fourth-order valence-electron chi connectivity index (χ4n) is 4.03. The molecule has 0 spiro atoms. The number of rotatable bonds is 3. The molecule has 36 heavy (non-hydrogen) atoms. The van der Waals surface area contributed by atoms with Gasteiger partial charge >= 0.3 is 18.3 Å². The number of H-pyrrole nitrogens is 1. The van der Waals surface area contributed by atoms with Crippen molar-refractivity contribution in [1.82, 2.24) is 20.2 Å². The molecule has 4 rings (SSSR count). The number of amides is 3. The lowest BCUT2D eigenvalue weighted by molar-refractivity contribution is -0.137. The summed E-state index contributed by atoms with van der Waals surface area (Å²) in [6.07, 6.45) is -4.91. The minimum Gasteiger partial charge on any atom is -0.444 e.